The average Bonchev–Trinajstić information content (AvgIpc) is 2.22. The predicted molar refractivity (Wildman–Crippen MR) is 75.2 cm³/mol. The Balaban J connectivity index is 3.49. The molecule has 0 aromatic rings. The Morgan fingerprint density at radius 2 is 2.00 bits per heavy atom. The number of unbranched alkanes of at least 4 members (excludes halogenated alkanes) is 2. The molecule has 16 heavy (non-hydrogen) atoms. The van der Waals surface area contributed by atoms with E-state index in [1.165, 1.54) is 24.6 Å². The van der Waals surface area contributed by atoms with E-state index in [-0.39, 0.29) is 5.97 Å². The molecular formula is C12H24O2S2. The second kappa shape index (κ2) is 8.29. The van der Waals surface area contributed by atoms with Gasteiger partial charge in [0.1, 0.15) is 0 Å². The van der Waals surface area contributed by atoms with Crippen molar-refractivity contribution in [3.63, 3.8) is 0 Å². The van der Waals surface area contributed by atoms with Gasteiger partial charge in [0.15, 0.2) is 4.08 Å². The third-order valence-electron chi connectivity index (χ3n) is 2.44. The lowest BCUT2D eigenvalue weighted by Crippen LogP contribution is -2.27. The highest BCUT2D eigenvalue weighted by molar-refractivity contribution is 8.12. The van der Waals surface area contributed by atoms with Crippen molar-refractivity contribution in [2.45, 2.75) is 50.5 Å². The molecule has 0 saturated carbocycles. The molecule has 0 amide bonds. The Labute approximate surface area is 109 Å². The van der Waals surface area contributed by atoms with Crippen LogP contribution < -0.4 is 0 Å². The zero-order valence-electron chi connectivity index (χ0n) is 10.8. The van der Waals surface area contributed by atoms with Crippen LogP contribution in [0.3, 0.4) is 0 Å². The van der Waals surface area contributed by atoms with Crippen LogP contribution in [-0.2, 0) is 9.53 Å². The molecule has 0 aliphatic carbocycles. The van der Waals surface area contributed by atoms with Crippen LogP contribution in [0.25, 0.3) is 0 Å². The van der Waals surface area contributed by atoms with E-state index in [1.807, 2.05) is 6.26 Å². The number of ether oxygens (including phenoxy) is 1. The van der Waals surface area contributed by atoms with Gasteiger partial charge in [-0.15, -0.1) is 11.8 Å². The number of hydrogen-bond acceptors (Lipinski definition) is 4. The normalized spacial score (nSPS) is 14.9. The molecule has 0 aromatic carbocycles. The lowest BCUT2D eigenvalue weighted by atomic mass is 10.1. The van der Waals surface area contributed by atoms with Crippen molar-refractivity contribution in [2.24, 2.45) is 5.92 Å². The second-order valence-electron chi connectivity index (χ2n) is 4.57. The van der Waals surface area contributed by atoms with E-state index in [1.54, 1.807) is 6.92 Å². The minimum atomic E-state index is -0.710. The third kappa shape index (κ3) is 7.44. The molecular weight excluding hydrogens is 240 g/mol. The smallest absolute Gasteiger partial charge is 0.331 e. The number of esters is 1. The monoisotopic (exact) mass is 264 g/mol. The Hall–Kier alpha value is 0.170. The van der Waals surface area contributed by atoms with Gasteiger partial charge in [0, 0.05) is 0 Å². The number of thioether (sulfide) groups is 1. The van der Waals surface area contributed by atoms with E-state index in [0.29, 0.717) is 6.61 Å². The summed E-state index contributed by atoms with van der Waals surface area (Å²) in [7, 11) is 0. The summed E-state index contributed by atoms with van der Waals surface area (Å²) < 4.78 is 4.46. The van der Waals surface area contributed by atoms with Gasteiger partial charge in [0.2, 0.25) is 0 Å². The van der Waals surface area contributed by atoms with Gasteiger partial charge < -0.3 is 4.74 Å². The van der Waals surface area contributed by atoms with Crippen LogP contribution in [0, 0.1) is 5.92 Å². The molecule has 1 atom stereocenters. The number of rotatable bonds is 8. The van der Waals surface area contributed by atoms with Crippen LogP contribution in [0.1, 0.15) is 46.5 Å². The van der Waals surface area contributed by atoms with Crippen LogP contribution in [0.4, 0.5) is 0 Å². The van der Waals surface area contributed by atoms with Crippen molar-refractivity contribution in [3.05, 3.63) is 0 Å². The van der Waals surface area contributed by atoms with Gasteiger partial charge in [-0.2, -0.15) is 12.6 Å². The van der Waals surface area contributed by atoms with E-state index in [4.69, 9.17) is 4.74 Å². The minimum absolute atomic E-state index is 0.229. The summed E-state index contributed by atoms with van der Waals surface area (Å²) in [6.07, 6.45) is 6.42. The Morgan fingerprint density at radius 1 is 1.38 bits per heavy atom. The highest BCUT2D eigenvalue weighted by Crippen LogP contribution is 2.27. The van der Waals surface area contributed by atoms with E-state index in [2.05, 4.69) is 26.5 Å². The highest BCUT2D eigenvalue weighted by atomic mass is 32.2. The maximum Gasteiger partial charge on any atom is 0.331 e. The lowest BCUT2D eigenvalue weighted by Gasteiger charge is -2.18. The summed E-state index contributed by atoms with van der Waals surface area (Å²) >= 11 is 5.64. The Kier molecular flexibility index (Phi) is 8.38. The van der Waals surface area contributed by atoms with Gasteiger partial charge in [0.05, 0.1) is 6.61 Å². The molecule has 0 aliphatic rings. The third-order valence-corrected chi connectivity index (χ3v) is 4.13. The standard InChI is InChI=1S/C12H24O2S2/c1-10(2)8-6-5-7-9-14-11(13)12(3,15)16-4/h10,15H,5-9H2,1-4H3. The van der Waals surface area contributed by atoms with E-state index in [9.17, 15) is 4.79 Å². The molecule has 0 aliphatic heterocycles. The van der Waals surface area contributed by atoms with Gasteiger partial charge >= 0.3 is 5.97 Å². The van der Waals surface area contributed by atoms with Crippen molar-refractivity contribution < 1.29 is 9.53 Å². The summed E-state index contributed by atoms with van der Waals surface area (Å²) in [4.78, 5) is 11.5. The largest absolute Gasteiger partial charge is 0.464 e. The fraction of sp³-hybridized carbons (Fsp3) is 0.917. The maximum absolute atomic E-state index is 11.5. The summed E-state index contributed by atoms with van der Waals surface area (Å²) in [6, 6.07) is 0. The summed E-state index contributed by atoms with van der Waals surface area (Å²) in [5.74, 6) is 0.534. The summed E-state index contributed by atoms with van der Waals surface area (Å²) in [5, 5.41) is 0. The minimum Gasteiger partial charge on any atom is -0.464 e. The van der Waals surface area contributed by atoms with Gasteiger partial charge in [-0.1, -0.05) is 33.1 Å². The van der Waals surface area contributed by atoms with Crippen molar-refractivity contribution in [1.82, 2.24) is 0 Å². The summed E-state index contributed by atoms with van der Waals surface area (Å²) in [5.41, 5.74) is 0. The number of carbonyl (C=O) groups excluding carboxylic acids is 1. The fourth-order valence-corrected chi connectivity index (χ4v) is 1.50. The molecule has 1 unspecified atom stereocenters. The van der Waals surface area contributed by atoms with Gasteiger partial charge in [-0.25, -0.2) is 4.79 Å². The zero-order valence-corrected chi connectivity index (χ0v) is 12.5. The van der Waals surface area contributed by atoms with Crippen molar-refractivity contribution in [2.75, 3.05) is 12.9 Å². The quantitative estimate of drug-likeness (QED) is 0.313. The first-order chi connectivity index (χ1) is 7.40. The Bertz CT molecular complexity index is 203. The average molecular weight is 264 g/mol. The second-order valence-corrected chi connectivity index (χ2v) is 6.99. The number of thiol groups is 1. The van der Waals surface area contributed by atoms with Crippen LogP contribution in [0.15, 0.2) is 0 Å². The molecule has 0 saturated heterocycles. The Morgan fingerprint density at radius 3 is 2.50 bits per heavy atom. The molecule has 0 fully saturated rings. The van der Waals surface area contributed by atoms with Crippen LogP contribution >= 0.6 is 24.4 Å². The number of hydrogen-bond donors (Lipinski definition) is 1. The highest BCUT2D eigenvalue weighted by Gasteiger charge is 2.29. The van der Waals surface area contributed by atoms with E-state index < -0.39 is 4.08 Å². The molecule has 0 N–H and O–H groups in total. The van der Waals surface area contributed by atoms with Crippen molar-refractivity contribution >= 4 is 30.4 Å². The predicted octanol–water partition coefficient (Wildman–Crippen LogP) is 3.76. The van der Waals surface area contributed by atoms with Crippen LogP contribution in [0.5, 0.6) is 0 Å². The molecule has 4 heteroatoms. The van der Waals surface area contributed by atoms with E-state index in [0.717, 1.165) is 18.8 Å². The molecule has 0 radical (unpaired) electrons. The molecule has 0 bridgehead atoms. The number of carbonyl (C=O) groups is 1. The first kappa shape index (κ1) is 16.2. The first-order valence-electron chi connectivity index (χ1n) is 5.85. The molecule has 2 nitrogen and oxygen atoms in total. The zero-order chi connectivity index (χ0) is 12.6. The van der Waals surface area contributed by atoms with E-state index >= 15 is 0 Å². The molecule has 0 spiro atoms. The molecule has 0 rings (SSSR count). The fourth-order valence-electron chi connectivity index (χ4n) is 1.21. The maximum atomic E-state index is 11.5. The van der Waals surface area contributed by atoms with Crippen molar-refractivity contribution in [1.29, 1.82) is 0 Å². The topological polar surface area (TPSA) is 26.3 Å². The van der Waals surface area contributed by atoms with Gasteiger partial charge in [-0.3, -0.25) is 0 Å². The van der Waals surface area contributed by atoms with Gasteiger partial charge in [-0.05, 0) is 25.5 Å². The molecule has 0 heterocycles. The van der Waals surface area contributed by atoms with Crippen molar-refractivity contribution in [3.8, 4) is 0 Å². The van der Waals surface area contributed by atoms with Gasteiger partial charge in [0.25, 0.3) is 0 Å². The SMILES string of the molecule is CSC(C)(S)C(=O)OCCCCCC(C)C. The molecule has 96 valence electrons. The van der Waals surface area contributed by atoms with Crippen LogP contribution in [0.2, 0.25) is 0 Å². The first-order valence-corrected chi connectivity index (χ1v) is 7.52. The van der Waals surface area contributed by atoms with Crippen LogP contribution in [-0.4, -0.2) is 22.9 Å². The lowest BCUT2D eigenvalue weighted by molar-refractivity contribution is -0.143. The molecule has 0 aromatic heterocycles. The summed E-state index contributed by atoms with van der Waals surface area (Å²) in [6.45, 7) is 6.74.